The molecule has 0 radical (unpaired) electrons. The van der Waals surface area contributed by atoms with E-state index in [1.54, 1.807) is 19.2 Å². The number of hydrogen-bond donors (Lipinski definition) is 2. The van der Waals surface area contributed by atoms with E-state index in [4.69, 9.17) is 4.74 Å². The van der Waals surface area contributed by atoms with E-state index in [-0.39, 0.29) is 24.5 Å². The van der Waals surface area contributed by atoms with Gasteiger partial charge in [-0.05, 0) is 36.5 Å². The number of amides is 2. The third-order valence-electron chi connectivity index (χ3n) is 4.37. The van der Waals surface area contributed by atoms with Gasteiger partial charge in [0.15, 0.2) is 0 Å². The molecule has 2 N–H and O–H groups in total. The number of carbonyl (C=O) groups is 2. The molecule has 1 fully saturated rings. The topological polar surface area (TPSA) is 67.4 Å². The first-order valence-electron chi connectivity index (χ1n) is 8.29. The molecule has 1 saturated carbocycles. The molecule has 5 heteroatoms. The molecule has 2 rings (SSSR count). The van der Waals surface area contributed by atoms with E-state index in [2.05, 4.69) is 17.6 Å². The third-order valence-corrected chi connectivity index (χ3v) is 4.37. The van der Waals surface area contributed by atoms with Crippen molar-refractivity contribution in [3.05, 3.63) is 35.4 Å². The molecule has 2 unspecified atom stereocenters. The Morgan fingerprint density at radius 3 is 2.78 bits per heavy atom. The Bertz CT molecular complexity index is 545. The number of benzene rings is 1. The van der Waals surface area contributed by atoms with E-state index in [1.165, 1.54) is 19.3 Å². The number of rotatable bonds is 6. The van der Waals surface area contributed by atoms with Gasteiger partial charge in [-0.2, -0.15) is 0 Å². The monoisotopic (exact) mass is 318 g/mol. The minimum Gasteiger partial charge on any atom is -0.368 e. The Balaban J connectivity index is 1.77. The quantitative estimate of drug-likeness (QED) is 0.845. The number of hydrogen-bond acceptors (Lipinski definition) is 3. The first kappa shape index (κ1) is 17.5. The fourth-order valence-electron chi connectivity index (χ4n) is 2.93. The summed E-state index contributed by atoms with van der Waals surface area (Å²) in [5.41, 5.74) is 1.48. The van der Waals surface area contributed by atoms with Gasteiger partial charge in [0.25, 0.3) is 5.91 Å². The smallest absolute Gasteiger partial charge is 0.251 e. The molecule has 1 aliphatic rings. The maximum absolute atomic E-state index is 11.9. The van der Waals surface area contributed by atoms with E-state index in [0.29, 0.717) is 18.0 Å². The first-order chi connectivity index (χ1) is 11.1. The molecule has 0 aliphatic heterocycles. The average molecular weight is 318 g/mol. The molecule has 0 spiro atoms. The lowest BCUT2D eigenvalue weighted by Gasteiger charge is -2.28. The highest BCUT2D eigenvalue weighted by Gasteiger charge is 2.22. The lowest BCUT2D eigenvalue weighted by Crippen LogP contribution is -2.33. The third kappa shape index (κ3) is 5.36. The van der Waals surface area contributed by atoms with E-state index < -0.39 is 0 Å². The maximum Gasteiger partial charge on any atom is 0.251 e. The van der Waals surface area contributed by atoms with Gasteiger partial charge in [-0.1, -0.05) is 31.9 Å². The molecular weight excluding hydrogens is 292 g/mol. The zero-order valence-electron chi connectivity index (χ0n) is 13.9. The number of carbonyl (C=O) groups excluding carboxylic acids is 2. The second kappa shape index (κ2) is 8.67. The van der Waals surface area contributed by atoms with E-state index >= 15 is 0 Å². The summed E-state index contributed by atoms with van der Waals surface area (Å²) < 4.78 is 5.75. The average Bonchev–Trinajstić information content (AvgIpc) is 2.58. The summed E-state index contributed by atoms with van der Waals surface area (Å²) in [5.74, 6) is 0.279. The highest BCUT2D eigenvalue weighted by Crippen LogP contribution is 2.26. The van der Waals surface area contributed by atoms with Crippen molar-refractivity contribution >= 4 is 11.8 Å². The number of nitrogens with one attached hydrogen (secondary N) is 2. The fourth-order valence-corrected chi connectivity index (χ4v) is 2.93. The predicted molar refractivity (Wildman–Crippen MR) is 89.1 cm³/mol. The SMILES string of the molecule is CNC(=O)c1cccc(CNC(=O)COC2CCCCC2C)c1. The van der Waals surface area contributed by atoms with Crippen LogP contribution in [0.25, 0.3) is 0 Å². The molecule has 5 nitrogen and oxygen atoms in total. The Morgan fingerprint density at radius 2 is 2.04 bits per heavy atom. The summed E-state index contributed by atoms with van der Waals surface area (Å²) in [7, 11) is 1.60. The first-order valence-corrected chi connectivity index (χ1v) is 8.29. The van der Waals surface area contributed by atoms with Crippen LogP contribution in [0, 0.1) is 5.92 Å². The standard InChI is InChI=1S/C18H26N2O3/c1-13-6-3-4-9-16(13)23-12-17(21)20-11-14-7-5-8-15(10-14)18(22)19-2/h5,7-8,10,13,16H,3-4,6,9,11-12H2,1-2H3,(H,19,22)(H,20,21). The van der Waals surface area contributed by atoms with Gasteiger partial charge >= 0.3 is 0 Å². The zero-order valence-corrected chi connectivity index (χ0v) is 13.9. The summed E-state index contributed by atoms with van der Waals surface area (Å²) in [5, 5.41) is 5.43. The Labute approximate surface area is 137 Å². The molecular formula is C18H26N2O3. The molecule has 0 bridgehead atoms. The zero-order chi connectivity index (χ0) is 16.7. The van der Waals surface area contributed by atoms with Crippen LogP contribution in [0.5, 0.6) is 0 Å². The minimum absolute atomic E-state index is 0.101. The van der Waals surface area contributed by atoms with Gasteiger partial charge in [0.05, 0.1) is 6.10 Å². The van der Waals surface area contributed by atoms with Crippen LogP contribution in [0.1, 0.15) is 48.5 Å². The van der Waals surface area contributed by atoms with Gasteiger partial charge in [0.2, 0.25) is 5.91 Å². The van der Waals surface area contributed by atoms with Gasteiger partial charge < -0.3 is 15.4 Å². The Hall–Kier alpha value is -1.88. The molecule has 23 heavy (non-hydrogen) atoms. The largest absolute Gasteiger partial charge is 0.368 e. The summed E-state index contributed by atoms with van der Waals surface area (Å²) in [6.07, 6.45) is 4.87. The summed E-state index contributed by atoms with van der Waals surface area (Å²) >= 11 is 0. The van der Waals surface area contributed by atoms with Crippen molar-refractivity contribution in [1.82, 2.24) is 10.6 Å². The highest BCUT2D eigenvalue weighted by molar-refractivity contribution is 5.94. The van der Waals surface area contributed by atoms with Gasteiger partial charge in [-0.15, -0.1) is 0 Å². The van der Waals surface area contributed by atoms with Crippen LogP contribution in [0.3, 0.4) is 0 Å². The summed E-state index contributed by atoms with van der Waals surface area (Å²) in [6.45, 7) is 2.68. The van der Waals surface area contributed by atoms with Crippen molar-refractivity contribution in [2.75, 3.05) is 13.7 Å². The summed E-state index contributed by atoms with van der Waals surface area (Å²) in [4.78, 5) is 23.5. The van der Waals surface area contributed by atoms with Gasteiger partial charge in [0.1, 0.15) is 6.61 Å². The molecule has 0 heterocycles. The molecule has 0 aromatic heterocycles. The van der Waals surface area contributed by atoms with E-state index in [9.17, 15) is 9.59 Å². The molecule has 1 aromatic carbocycles. The predicted octanol–water partition coefficient (Wildman–Crippen LogP) is 2.26. The van der Waals surface area contributed by atoms with Crippen LogP contribution < -0.4 is 10.6 Å². The molecule has 126 valence electrons. The second-order valence-corrected chi connectivity index (χ2v) is 6.17. The van der Waals surface area contributed by atoms with E-state index in [1.807, 2.05) is 12.1 Å². The molecule has 2 amide bonds. The van der Waals surface area contributed by atoms with Crippen molar-refractivity contribution in [1.29, 1.82) is 0 Å². The van der Waals surface area contributed by atoms with Crippen molar-refractivity contribution < 1.29 is 14.3 Å². The maximum atomic E-state index is 11.9. The Morgan fingerprint density at radius 1 is 1.26 bits per heavy atom. The lowest BCUT2D eigenvalue weighted by molar-refractivity contribution is -0.129. The van der Waals surface area contributed by atoms with Crippen molar-refractivity contribution in [3.63, 3.8) is 0 Å². The normalized spacial score (nSPS) is 20.8. The molecule has 0 saturated heterocycles. The van der Waals surface area contributed by atoms with Crippen LogP contribution >= 0.6 is 0 Å². The highest BCUT2D eigenvalue weighted by atomic mass is 16.5. The molecule has 1 aliphatic carbocycles. The van der Waals surface area contributed by atoms with Gasteiger partial charge in [0, 0.05) is 19.2 Å². The number of ether oxygens (including phenoxy) is 1. The molecule has 1 aromatic rings. The van der Waals surface area contributed by atoms with Crippen LogP contribution in [0.2, 0.25) is 0 Å². The lowest BCUT2D eigenvalue weighted by atomic mass is 9.88. The van der Waals surface area contributed by atoms with Crippen molar-refractivity contribution in [2.45, 2.75) is 45.3 Å². The van der Waals surface area contributed by atoms with Crippen LogP contribution in [-0.4, -0.2) is 31.6 Å². The van der Waals surface area contributed by atoms with E-state index in [0.717, 1.165) is 12.0 Å². The van der Waals surface area contributed by atoms with Crippen molar-refractivity contribution in [3.8, 4) is 0 Å². The van der Waals surface area contributed by atoms with Gasteiger partial charge in [-0.3, -0.25) is 9.59 Å². The second-order valence-electron chi connectivity index (χ2n) is 6.17. The Kier molecular flexibility index (Phi) is 6.59. The van der Waals surface area contributed by atoms with Crippen LogP contribution in [-0.2, 0) is 16.1 Å². The minimum atomic E-state index is -0.132. The van der Waals surface area contributed by atoms with Crippen LogP contribution in [0.15, 0.2) is 24.3 Å². The van der Waals surface area contributed by atoms with Gasteiger partial charge in [-0.25, -0.2) is 0 Å². The van der Waals surface area contributed by atoms with Crippen molar-refractivity contribution in [2.24, 2.45) is 5.92 Å². The summed E-state index contributed by atoms with van der Waals surface area (Å²) in [6, 6.07) is 7.23. The fraction of sp³-hybridized carbons (Fsp3) is 0.556. The van der Waals surface area contributed by atoms with Crippen LogP contribution in [0.4, 0.5) is 0 Å². The molecule has 2 atom stereocenters.